The van der Waals surface area contributed by atoms with Crippen LogP contribution in [0.4, 0.5) is 107 Å². The first-order valence-corrected chi connectivity index (χ1v) is 39.3. The molecule has 0 atom stereocenters. The van der Waals surface area contributed by atoms with Crippen LogP contribution < -0.4 is 53.2 Å². The van der Waals surface area contributed by atoms with E-state index in [1.807, 2.05) is 109 Å². The van der Waals surface area contributed by atoms with E-state index in [9.17, 15) is 54.7 Å². The van der Waals surface area contributed by atoms with Crippen LogP contribution in [0.2, 0.25) is 0 Å². The molecule has 0 bridgehead atoms. The molecule has 10 aromatic heterocycles. The van der Waals surface area contributed by atoms with Gasteiger partial charge in [-0.15, -0.1) is 0 Å². The summed E-state index contributed by atoms with van der Waals surface area (Å²) in [6.45, 7) is 7.25. The number of amides is 9. The largest absolute Gasteiger partial charge is 0.416 e. The normalized spacial score (nSPS) is 11.8. The Hall–Kier alpha value is -16.0. The van der Waals surface area contributed by atoms with Gasteiger partial charge in [0.15, 0.2) is 0 Å². The van der Waals surface area contributed by atoms with Crippen molar-refractivity contribution in [2.75, 3.05) is 53.2 Å². The molecule has 29 nitrogen and oxygen atoms in total. The molecular weight excluding hydrogens is 1630 g/mol. The van der Waals surface area contributed by atoms with Crippen LogP contribution in [0.3, 0.4) is 0 Å². The standard InChI is InChI=1S/C25H23F3N6O2.C24H21F3N6O.C21H19FN6O.C20H18N6O/c1-14(2)23(35)32-20-9-6-16(25(26,27)28)10-21(20)33-24(36)31-17-7-4-15(5-8-17)18-11-29-13-22-19(18)12-30-34(22)3;1-33-22-13-28-11-18(19(22)12-29-33)14-2-5-17(6-3-14)31-23(34)32-21-10-15(24(25,26)27)4-9-20(21)30-16-7-8-16;1-3-13-6-7-24-20(8-13)27-21(29)26-18-5-4-14(9-17(18)22)15-10-23-12-19-16(15)11-25-28(19)2;1-13-7-8-22-19(9-13)25-20(27)24-15-5-3-14(4-6-15)16-10-21-12-18-17(16)11-23-26(18)2/h4-14H,1-3H3,(H,32,35)(H2,31,33,36);2-6,9-13,16,30H,7-8H2,1H3,(H2,31,32,34);4-12H,3H2,1-2H3,(H2,24,26,27,29);3-12H,1-2H3,(H2,22,24,25,27). The number of hydrogen-bond donors (Lipinski definition) is 10. The van der Waals surface area contributed by atoms with Crippen molar-refractivity contribution < 1.29 is 54.7 Å². The van der Waals surface area contributed by atoms with E-state index < -0.39 is 59.2 Å². The maximum absolute atomic E-state index is 14.7. The highest BCUT2D eigenvalue weighted by atomic mass is 19.4. The van der Waals surface area contributed by atoms with Gasteiger partial charge in [-0.3, -0.25) is 54.1 Å². The topological polar surface area (TPSA) is 354 Å². The average Bonchev–Trinajstić information content (AvgIpc) is 1.63. The van der Waals surface area contributed by atoms with E-state index in [-0.39, 0.29) is 34.8 Å². The lowest BCUT2D eigenvalue weighted by Gasteiger charge is -2.16. The third-order valence-electron chi connectivity index (χ3n) is 20.1. The van der Waals surface area contributed by atoms with E-state index in [0.717, 1.165) is 143 Å². The summed E-state index contributed by atoms with van der Waals surface area (Å²) in [6, 6.07) is 37.5. The zero-order chi connectivity index (χ0) is 89.1. The summed E-state index contributed by atoms with van der Waals surface area (Å²) in [7, 11) is 7.38. The number of pyridine rings is 6. The lowest BCUT2D eigenvalue weighted by Crippen LogP contribution is -2.23. The molecule has 9 amide bonds. The molecular formula is C90H81F7N24O5. The van der Waals surface area contributed by atoms with E-state index in [0.29, 0.717) is 39.9 Å². The van der Waals surface area contributed by atoms with E-state index in [4.69, 9.17) is 0 Å². The highest BCUT2D eigenvalue weighted by molar-refractivity contribution is 6.07. The summed E-state index contributed by atoms with van der Waals surface area (Å²) in [6.07, 6.45) is 17.9. The van der Waals surface area contributed by atoms with Gasteiger partial charge in [0.2, 0.25) is 5.91 Å². The van der Waals surface area contributed by atoms with Crippen molar-refractivity contribution in [3.8, 4) is 44.5 Å². The molecule has 0 saturated heterocycles. The van der Waals surface area contributed by atoms with Crippen molar-refractivity contribution in [3.05, 3.63) is 266 Å². The van der Waals surface area contributed by atoms with Crippen LogP contribution in [0, 0.1) is 18.7 Å². The number of rotatable bonds is 17. The van der Waals surface area contributed by atoms with Gasteiger partial charge in [-0.1, -0.05) is 63.2 Å². The van der Waals surface area contributed by atoms with Gasteiger partial charge in [0.1, 0.15) is 17.5 Å². The summed E-state index contributed by atoms with van der Waals surface area (Å²) >= 11 is 0. The first-order valence-electron chi connectivity index (χ1n) is 39.3. The van der Waals surface area contributed by atoms with Crippen molar-refractivity contribution in [2.45, 2.75) is 65.4 Å². The van der Waals surface area contributed by atoms with E-state index >= 15 is 0 Å². The first kappa shape index (κ1) is 86.3. The van der Waals surface area contributed by atoms with Gasteiger partial charge in [-0.25, -0.2) is 33.5 Å². The van der Waals surface area contributed by atoms with Crippen molar-refractivity contribution in [1.29, 1.82) is 0 Å². The molecule has 640 valence electrons. The monoisotopic (exact) mass is 1710 g/mol. The molecule has 1 aliphatic carbocycles. The van der Waals surface area contributed by atoms with Crippen molar-refractivity contribution >= 4 is 131 Å². The van der Waals surface area contributed by atoms with Crippen LogP contribution in [0.5, 0.6) is 0 Å². The predicted molar refractivity (Wildman–Crippen MR) is 472 cm³/mol. The summed E-state index contributed by atoms with van der Waals surface area (Å²) in [5.41, 5.74) is 12.9. The van der Waals surface area contributed by atoms with Gasteiger partial charge >= 0.3 is 36.5 Å². The molecule has 1 saturated carbocycles. The second kappa shape index (κ2) is 37.5. The molecule has 36 heteroatoms. The lowest BCUT2D eigenvalue weighted by molar-refractivity contribution is -0.138. The molecule has 10 N–H and O–H groups in total. The Balaban J connectivity index is 0.000000137. The third-order valence-corrected chi connectivity index (χ3v) is 20.1. The van der Waals surface area contributed by atoms with Crippen molar-refractivity contribution in [3.63, 3.8) is 0 Å². The Morgan fingerprint density at radius 2 is 0.746 bits per heavy atom. The maximum Gasteiger partial charge on any atom is 0.416 e. The predicted octanol–water partition coefficient (Wildman–Crippen LogP) is 20.1. The second-order valence-corrected chi connectivity index (χ2v) is 29.5. The summed E-state index contributed by atoms with van der Waals surface area (Å²) in [5.74, 6) is -0.424. The van der Waals surface area contributed by atoms with Crippen LogP contribution in [0.15, 0.2) is 238 Å². The van der Waals surface area contributed by atoms with Crippen LogP contribution in [0.1, 0.15) is 55.9 Å². The van der Waals surface area contributed by atoms with E-state index in [1.165, 1.54) is 18.2 Å². The Kier molecular flexibility index (Phi) is 25.7. The van der Waals surface area contributed by atoms with Crippen LogP contribution >= 0.6 is 0 Å². The number of halogens is 7. The van der Waals surface area contributed by atoms with Crippen molar-refractivity contribution in [2.24, 2.45) is 34.1 Å². The molecule has 1 aliphatic rings. The highest BCUT2D eigenvalue weighted by Crippen LogP contribution is 2.40. The minimum absolute atomic E-state index is 0.0595. The highest BCUT2D eigenvalue weighted by Gasteiger charge is 2.34. The zero-order valence-corrected chi connectivity index (χ0v) is 68.7. The molecule has 1 fully saturated rings. The fraction of sp³-hybridized carbons (Fsp3) is 0.167. The number of aromatic nitrogens is 14. The van der Waals surface area contributed by atoms with E-state index in [2.05, 4.69) is 103 Å². The van der Waals surface area contributed by atoms with Gasteiger partial charge < -0.3 is 42.5 Å². The third kappa shape index (κ3) is 21.1. The smallest absolute Gasteiger partial charge is 0.381 e. The average molecular weight is 1710 g/mol. The minimum Gasteiger partial charge on any atom is -0.381 e. The summed E-state index contributed by atoms with van der Waals surface area (Å²) in [5, 5.41) is 47.4. The Morgan fingerprint density at radius 1 is 0.389 bits per heavy atom. The number of fused-ring (bicyclic) bond motifs is 4. The Labute approximate surface area is 714 Å². The van der Waals surface area contributed by atoms with Gasteiger partial charge in [0.25, 0.3) is 0 Å². The van der Waals surface area contributed by atoms with Crippen molar-refractivity contribution in [1.82, 2.24) is 69.0 Å². The minimum atomic E-state index is -4.62. The molecule has 16 aromatic rings. The zero-order valence-electron chi connectivity index (χ0n) is 68.7. The number of anilines is 10. The van der Waals surface area contributed by atoms with Gasteiger partial charge in [0, 0.05) is 138 Å². The van der Waals surface area contributed by atoms with Gasteiger partial charge in [-0.05, 0) is 169 Å². The number of hydrogen-bond acceptors (Lipinski definition) is 16. The number of nitrogens with one attached hydrogen (secondary N) is 10. The molecule has 0 aliphatic heterocycles. The maximum atomic E-state index is 14.7. The molecule has 10 heterocycles. The van der Waals surface area contributed by atoms with E-state index in [1.54, 1.807) is 155 Å². The lowest BCUT2D eigenvalue weighted by atomic mass is 10.0. The van der Waals surface area contributed by atoms with Crippen LogP contribution in [-0.2, 0) is 51.8 Å². The summed E-state index contributed by atoms with van der Waals surface area (Å²) < 4.78 is 101. The Bertz CT molecular complexity index is 6710. The number of alkyl halides is 6. The number of benzene rings is 6. The number of urea groups is 4. The number of carbonyl (C=O) groups excluding carboxylic acids is 5. The van der Waals surface area contributed by atoms with Crippen LogP contribution in [-0.4, -0.2) is 105 Å². The molecule has 0 unspecified atom stereocenters. The molecule has 6 aromatic carbocycles. The van der Waals surface area contributed by atoms with Crippen LogP contribution in [0.25, 0.3) is 88.1 Å². The fourth-order valence-electron chi connectivity index (χ4n) is 13.2. The number of nitrogens with zero attached hydrogens (tertiary/aromatic N) is 14. The molecule has 0 spiro atoms. The molecule has 0 radical (unpaired) electrons. The SMILES string of the molecule is CC(C)C(=O)Nc1ccc(C(F)(F)F)cc1NC(=O)Nc1ccc(-c2cncc3c2cnn3C)cc1.CCc1ccnc(NC(=O)Nc2ccc(-c3cncc4c3cnn4C)cc2F)c1.Cc1ccnc(NC(=O)Nc2ccc(-c3cncc4c3cnn4C)cc2)c1.Cn1ncc2c(-c3ccc(NC(=O)Nc4cc(C(F)(F)F)ccc4NC4CC4)cc3)cncc21. The fourth-order valence-corrected chi connectivity index (χ4v) is 13.2. The quantitative estimate of drug-likeness (QED) is 0.0379. The van der Waals surface area contributed by atoms with Gasteiger partial charge in [0.05, 0.1) is 111 Å². The first-order chi connectivity index (χ1) is 60.4. The molecule has 17 rings (SSSR count). The number of aryl methyl sites for hydroxylation is 6. The van der Waals surface area contributed by atoms with Gasteiger partial charge in [-0.2, -0.15) is 46.7 Å². The second-order valence-electron chi connectivity index (χ2n) is 29.5. The Morgan fingerprint density at radius 3 is 1.13 bits per heavy atom. The molecule has 126 heavy (non-hydrogen) atoms. The number of carbonyl (C=O) groups is 5. The summed E-state index contributed by atoms with van der Waals surface area (Å²) in [4.78, 5) is 86.9.